The van der Waals surface area contributed by atoms with Gasteiger partial charge in [-0.15, -0.1) is 22.0 Å². The zero-order valence-electron chi connectivity index (χ0n) is 9.36. The Bertz CT molecular complexity index is 627. The van der Waals surface area contributed by atoms with E-state index in [-0.39, 0.29) is 10.6 Å². The monoisotopic (exact) mass is 280 g/mol. The van der Waals surface area contributed by atoms with E-state index < -0.39 is 0 Å². The number of thioether (sulfide) groups is 2. The van der Waals surface area contributed by atoms with Crippen LogP contribution < -0.4 is 0 Å². The summed E-state index contributed by atoms with van der Waals surface area (Å²) in [5.41, 5.74) is 0.882. The molecule has 92 valence electrons. The predicted molar refractivity (Wildman–Crippen MR) is 69.4 cm³/mol. The van der Waals surface area contributed by atoms with Crippen LogP contribution in [0.3, 0.4) is 0 Å². The molecular formula is C10H8N4O2S2. The van der Waals surface area contributed by atoms with Gasteiger partial charge in [0.1, 0.15) is 5.82 Å². The van der Waals surface area contributed by atoms with E-state index in [4.69, 9.17) is 0 Å². The molecule has 0 amide bonds. The van der Waals surface area contributed by atoms with E-state index in [1.54, 1.807) is 23.9 Å². The summed E-state index contributed by atoms with van der Waals surface area (Å²) in [6.45, 7) is 0. The SMILES string of the molecule is CSc1nnc2n1-c1cc([N+](=O)[O-])ccc1SC2. The highest BCUT2D eigenvalue weighted by atomic mass is 32.2. The van der Waals surface area contributed by atoms with Crippen molar-refractivity contribution in [2.24, 2.45) is 0 Å². The molecule has 8 heteroatoms. The molecule has 1 aromatic carbocycles. The average Bonchev–Trinajstić information content (AvgIpc) is 2.81. The normalized spacial score (nSPS) is 12.9. The second-order valence-electron chi connectivity index (χ2n) is 3.64. The number of nitrogens with zero attached hydrogens (tertiary/aromatic N) is 4. The van der Waals surface area contributed by atoms with Crippen LogP contribution in [0.15, 0.2) is 28.3 Å². The fourth-order valence-corrected chi connectivity index (χ4v) is 3.27. The van der Waals surface area contributed by atoms with Gasteiger partial charge < -0.3 is 0 Å². The molecule has 2 aromatic rings. The van der Waals surface area contributed by atoms with Crippen LogP contribution in [0.5, 0.6) is 0 Å². The molecule has 1 aliphatic rings. The Kier molecular flexibility index (Phi) is 2.75. The molecule has 0 radical (unpaired) electrons. The Morgan fingerprint density at radius 2 is 2.33 bits per heavy atom. The summed E-state index contributed by atoms with van der Waals surface area (Å²) in [6.07, 6.45) is 1.91. The van der Waals surface area contributed by atoms with Gasteiger partial charge in [0.2, 0.25) is 0 Å². The van der Waals surface area contributed by atoms with Crippen molar-refractivity contribution in [3.05, 3.63) is 34.1 Å². The van der Waals surface area contributed by atoms with Gasteiger partial charge in [0, 0.05) is 17.0 Å². The first-order valence-electron chi connectivity index (χ1n) is 5.10. The number of benzene rings is 1. The van der Waals surface area contributed by atoms with Crippen molar-refractivity contribution >= 4 is 29.2 Å². The van der Waals surface area contributed by atoms with Crippen LogP contribution in [0.2, 0.25) is 0 Å². The Morgan fingerprint density at radius 1 is 1.50 bits per heavy atom. The van der Waals surface area contributed by atoms with Crippen LogP contribution in [-0.4, -0.2) is 25.9 Å². The van der Waals surface area contributed by atoms with Gasteiger partial charge in [-0.3, -0.25) is 14.7 Å². The van der Waals surface area contributed by atoms with Gasteiger partial charge in [0.15, 0.2) is 5.16 Å². The molecule has 0 fully saturated rings. The fraction of sp³-hybridized carbons (Fsp3) is 0.200. The highest BCUT2D eigenvalue weighted by Gasteiger charge is 2.23. The molecular weight excluding hydrogens is 272 g/mol. The minimum atomic E-state index is -0.387. The third-order valence-corrected chi connectivity index (χ3v) is 4.32. The smallest absolute Gasteiger partial charge is 0.271 e. The molecule has 6 nitrogen and oxygen atoms in total. The minimum Gasteiger partial charge on any atom is -0.272 e. The third-order valence-electron chi connectivity index (χ3n) is 2.63. The van der Waals surface area contributed by atoms with Gasteiger partial charge in [0.05, 0.1) is 16.4 Å². The van der Waals surface area contributed by atoms with Crippen molar-refractivity contribution in [3.8, 4) is 5.69 Å². The summed E-state index contributed by atoms with van der Waals surface area (Å²) in [5, 5.41) is 19.8. The van der Waals surface area contributed by atoms with E-state index in [0.29, 0.717) is 0 Å². The quantitative estimate of drug-likeness (QED) is 0.478. The number of hydrogen-bond acceptors (Lipinski definition) is 6. The maximum Gasteiger partial charge on any atom is 0.271 e. The Hall–Kier alpha value is -1.54. The Morgan fingerprint density at radius 3 is 3.06 bits per heavy atom. The van der Waals surface area contributed by atoms with Crippen molar-refractivity contribution in [1.29, 1.82) is 0 Å². The number of nitro benzene ring substituents is 1. The Labute approximate surface area is 111 Å². The summed E-state index contributed by atoms with van der Waals surface area (Å²) in [7, 11) is 0. The van der Waals surface area contributed by atoms with Gasteiger partial charge in [-0.05, 0) is 12.3 Å². The van der Waals surface area contributed by atoms with Crippen LogP contribution in [0, 0.1) is 10.1 Å². The zero-order valence-corrected chi connectivity index (χ0v) is 11.0. The van der Waals surface area contributed by atoms with Crippen molar-refractivity contribution in [2.75, 3.05) is 6.26 Å². The molecule has 0 bridgehead atoms. The van der Waals surface area contributed by atoms with Crippen LogP contribution in [0.4, 0.5) is 5.69 Å². The fourth-order valence-electron chi connectivity index (χ4n) is 1.83. The molecule has 18 heavy (non-hydrogen) atoms. The second kappa shape index (κ2) is 4.29. The van der Waals surface area contributed by atoms with E-state index >= 15 is 0 Å². The topological polar surface area (TPSA) is 73.8 Å². The molecule has 2 heterocycles. The lowest BCUT2D eigenvalue weighted by molar-refractivity contribution is -0.384. The summed E-state index contributed by atoms with van der Waals surface area (Å²) < 4.78 is 1.89. The van der Waals surface area contributed by atoms with Gasteiger partial charge in [-0.25, -0.2) is 0 Å². The van der Waals surface area contributed by atoms with Crippen molar-refractivity contribution < 1.29 is 4.92 Å². The van der Waals surface area contributed by atoms with Gasteiger partial charge >= 0.3 is 0 Å². The van der Waals surface area contributed by atoms with E-state index in [9.17, 15) is 10.1 Å². The first kappa shape index (κ1) is 11.5. The number of hydrogen-bond donors (Lipinski definition) is 0. The van der Waals surface area contributed by atoms with Crippen LogP contribution in [-0.2, 0) is 5.75 Å². The predicted octanol–water partition coefficient (Wildman–Crippen LogP) is 2.50. The van der Waals surface area contributed by atoms with Gasteiger partial charge in [-0.2, -0.15) is 0 Å². The molecule has 0 N–H and O–H groups in total. The number of aromatic nitrogens is 3. The van der Waals surface area contributed by atoms with Crippen LogP contribution in [0.1, 0.15) is 5.82 Å². The molecule has 0 atom stereocenters. The molecule has 0 spiro atoms. The van der Waals surface area contributed by atoms with Crippen LogP contribution in [0.25, 0.3) is 5.69 Å². The zero-order chi connectivity index (χ0) is 12.7. The molecule has 0 saturated carbocycles. The summed E-state index contributed by atoms with van der Waals surface area (Å²) >= 11 is 3.10. The largest absolute Gasteiger partial charge is 0.272 e. The first-order chi connectivity index (χ1) is 8.70. The van der Waals surface area contributed by atoms with Crippen molar-refractivity contribution in [2.45, 2.75) is 15.8 Å². The summed E-state index contributed by atoms with van der Waals surface area (Å²) in [5.74, 6) is 1.57. The second-order valence-corrected chi connectivity index (χ2v) is 5.43. The number of rotatable bonds is 2. The highest BCUT2D eigenvalue weighted by Crippen LogP contribution is 2.38. The van der Waals surface area contributed by atoms with E-state index in [0.717, 1.165) is 27.3 Å². The molecule has 1 aromatic heterocycles. The third kappa shape index (κ3) is 1.68. The average molecular weight is 280 g/mol. The van der Waals surface area contributed by atoms with Gasteiger partial charge in [-0.1, -0.05) is 11.8 Å². The lowest BCUT2D eigenvalue weighted by atomic mass is 10.2. The van der Waals surface area contributed by atoms with Crippen molar-refractivity contribution in [3.63, 3.8) is 0 Å². The summed E-state index contributed by atoms with van der Waals surface area (Å²) in [4.78, 5) is 11.5. The first-order valence-corrected chi connectivity index (χ1v) is 7.31. The standard InChI is InChI=1S/C10H8N4O2S2/c1-17-10-12-11-9-5-18-8-3-2-6(14(15)16)4-7(8)13(9)10/h2-4H,5H2,1H3. The lowest BCUT2D eigenvalue weighted by Crippen LogP contribution is -2.08. The van der Waals surface area contributed by atoms with Gasteiger partial charge in [0.25, 0.3) is 5.69 Å². The molecule has 1 aliphatic heterocycles. The number of non-ortho nitro benzene ring substituents is 1. The lowest BCUT2D eigenvalue weighted by Gasteiger charge is -2.17. The van der Waals surface area contributed by atoms with Crippen molar-refractivity contribution in [1.82, 2.24) is 14.8 Å². The maximum atomic E-state index is 10.8. The molecule has 3 rings (SSSR count). The minimum absolute atomic E-state index is 0.0861. The number of nitro groups is 1. The number of fused-ring (bicyclic) bond motifs is 3. The molecule has 0 unspecified atom stereocenters. The Balaban J connectivity index is 2.23. The van der Waals surface area contributed by atoms with E-state index in [1.807, 2.05) is 10.8 Å². The molecule has 0 aliphatic carbocycles. The van der Waals surface area contributed by atoms with E-state index in [2.05, 4.69) is 10.2 Å². The van der Waals surface area contributed by atoms with Crippen LogP contribution >= 0.6 is 23.5 Å². The highest BCUT2D eigenvalue weighted by molar-refractivity contribution is 7.99. The maximum absolute atomic E-state index is 10.8. The summed E-state index contributed by atoms with van der Waals surface area (Å²) in [6, 6.07) is 4.89. The van der Waals surface area contributed by atoms with E-state index in [1.165, 1.54) is 17.8 Å². The molecule has 0 saturated heterocycles.